The van der Waals surface area contributed by atoms with Crippen molar-refractivity contribution in [1.82, 2.24) is 10.4 Å². The third kappa shape index (κ3) is 1.13. The molecule has 1 aliphatic heterocycles. The minimum absolute atomic E-state index is 0.418. The van der Waals surface area contributed by atoms with Gasteiger partial charge < -0.3 is 5.32 Å². The molecule has 3 heteroatoms. The zero-order chi connectivity index (χ0) is 9.57. The molecule has 0 spiro atoms. The Morgan fingerprint density at radius 2 is 1.83 bits per heavy atom. The molecule has 1 aliphatic rings. The summed E-state index contributed by atoms with van der Waals surface area (Å²) in [5, 5.41) is 16.0. The second-order valence-corrected chi connectivity index (χ2v) is 4.24. The molecule has 0 amide bonds. The van der Waals surface area contributed by atoms with Gasteiger partial charge in [-0.2, -0.15) is 0 Å². The number of allylic oxidation sites excluding steroid dienone is 1. The molecule has 0 aromatic rings. The maximum absolute atomic E-state index is 11.7. The summed E-state index contributed by atoms with van der Waals surface area (Å²) < 4.78 is 0. The predicted molar refractivity (Wildman–Crippen MR) is 47.6 cm³/mol. The van der Waals surface area contributed by atoms with E-state index in [1.807, 2.05) is 40.7 Å². The van der Waals surface area contributed by atoms with Crippen LogP contribution in [0.4, 0.5) is 0 Å². The predicted octanol–water partition coefficient (Wildman–Crippen LogP) is 1.66. The summed E-state index contributed by atoms with van der Waals surface area (Å²) in [6, 6.07) is 0. The molecule has 1 radical (unpaired) electrons. The highest BCUT2D eigenvalue weighted by molar-refractivity contribution is 5.22. The first-order chi connectivity index (χ1) is 5.32. The van der Waals surface area contributed by atoms with E-state index < -0.39 is 11.2 Å². The Morgan fingerprint density at radius 3 is 2.00 bits per heavy atom. The first kappa shape index (κ1) is 9.55. The van der Waals surface area contributed by atoms with Crippen LogP contribution in [0, 0.1) is 0 Å². The van der Waals surface area contributed by atoms with Gasteiger partial charge in [-0.1, -0.05) is 6.08 Å². The lowest BCUT2D eigenvalue weighted by Gasteiger charge is -2.29. The van der Waals surface area contributed by atoms with Crippen molar-refractivity contribution in [2.45, 2.75) is 45.8 Å². The van der Waals surface area contributed by atoms with E-state index in [4.69, 9.17) is 0 Å². The van der Waals surface area contributed by atoms with Gasteiger partial charge in [0.2, 0.25) is 0 Å². The van der Waals surface area contributed by atoms with E-state index in [0.717, 1.165) is 10.8 Å². The lowest BCUT2D eigenvalue weighted by atomic mass is 10.0. The van der Waals surface area contributed by atoms with Crippen molar-refractivity contribution >= 4 is 0 Å². The lowest BCUT2D eigenvalue weighted by molar-refractivity contribution is -0.243. The molecular formula is C9H17N2O. The fourth-order valence-corrected chi connectivity index (χ4v) is 1.77. The Labute approximate surface area is 74.0 Å². The number of hydrogen-bond donors (Lipinski definition) is 1. The van der Waals surface area contributed by atoms with Crippen LogP contribution in [0.2, 0.25) is 0 Å². The van der Waals surface area contributed by atoms with E-state index >= 15 is 0 Å². The highest BCUT2D eigenvalue weighted by Crippen LogP contribution is 2.34. The van der Waals surface area contributed by atoms with Gasteiger partial charge >= 0.3 is 0 Å². The van der Waals surface area contributed by atoms with Crippen LogP contribution >= 0.6 is 0 Å². The third-order valence-corrected chi connectivity index (χ3v) is 2.40. The van der Waals surface area contributed by atoms with Gasteiger partial charge in [-0.05, 0) is 34.6 Å². The van der Waals surface area contributed by atoms with Gasteiger partial charge in [-0.15, -0.1) is 10.3 Å². The fraction of sp³-hybridized carbons (Fsp3) is 0.778. The molecule has 0 unspecified atom stereocenters. The lowest BCUT2D eigenvalue weighted by Crippen LogP contribution is -2.47. The van der Waals surface area contributed by atoms with Crippen molar-refractivity contribution in [3.8, 4) is 0 Å². The van der Waals surface area contributed by atoms with E-state index in [0.29, 0.717) is 0 Å². The maximum atomic E-state index is 11.7. The molecular weight excluding hydrogens is 152 g/mol. The van der Waals surface area contributed by atoms with Gasteiger partial charge in [-0.25, -0.2) is 0 Å². The quantitative estimate of drug-likeness (QED) is 0.598. The van der Waals surface area contributed by atoms with Crippen LogP contribution < -0.4 is 5.32 Å². The smallest absolute Gasteiger partial charge is 0.112 e. The van der Waals surface area contributed by atoms with Gasteiger partial charge in [0.1, 0.15) is 5.66 Å². The van der Waals surface area contributed by atoms with Crippen molar-refractivity contribution in [3.05, 3.63) is 11.8 Å². The Hall–Kier alpha value is -0.540. The maximum Gasteiger partial charge on any atom is 0.112 e. The average molecular weight is 169 g/mol. The monoisotopic (exact) mass is 169 g/mol. The van der Waals surface area contributed by atoms with Gasteiger partial charge in [0.05, 0.1) is 5.54 Å². The first-order valence-corrected chi connectivity index (χ1v) is 4.25. The molecule has 1 fully saturated rings. The number of rotatable bonds is 0. The second kappa shape index (κ2) is 2.47. The first-order valence-electron chi connectivity index (χ1n) is 4.25. The van der Waals surface area contributed by atoms with Gasteiger partial charge in [-0.3, -0.25) is 0 Å². The summed E-state index contributed by atoms with van der Waals surface area (Å²) in [6.07, 6.45) is 1.96. The van der Waals surface area contributed by atoms with Crippen molar-refractivity contribution in [2.75, 3.05) is 0 Å². The number of nitrogens with zero attached hydrogens (tertiary/aromatic N) is 1. The van der Waals surface area contributed by atoms with E-state index in [2.05, 4.69) is 5.32 Å². The molecule has 1 rings (SSSR count). The number of nitrogens with one attached hydrogen (secondary N) is 1. The van der Waals surface area contributed by atoms with Gasteiger partial charge in [0.15, 0.2) is 0 Å². The van der Waals surface area contributed by atoms with E-state index in [9.17, 15) is 5.21 Å². The highest BCUT2D eigenvalue weighted by atomic mass is 16.5. The summed E-state index contributed by atoms with van der Waals surface area (Å²) in [6.45, 7) is 9.57. The van der Waals surface area contributed by atoms with E-state index in [1.165, 1.54) is 0 Å². The number of hydroxylamine groups is 2. The van der Waals surface area contributed by atoms with Crippen LogP contribution in [-0.2, 0) is 5.21 Å². The van der Waals surface area contributed by atoms with Crippen LogP contribution in [-0.4, -0.2) is 16.3 Å². The summed E-state index contributed by atoms with van der Waals surface area (Å²) in [4.78, 5) is 0. The molecule has 0 aromatic carbocycles. The SMILES string of the molecule is C/C=C1/NC(C)(C)N([O])C1(C)C. The molecule has 1 N–H and O–H groups in total. The molecule has 1 heterocycles. The van der Waals surface area contributed by atoms with Crippen molar-refractivity contribution in [2.24, 2.45) is 0 Å². The van der Waals surface area contributed by atoms with Gasteiger partial charge in [0.25, 0.3) is 0 Å². The standard InChI is InChI=1S/C9H17N2O/c1-6-7-8(2,3)11(12)9(4,5)10-7/h6,10H,1-5H3/b7-6+. The molecule has 12 heavy (non-hydrogen) atoms. The van der Waals surface area contributed by atoms with Crippen LogP contribution in [0.1, 0.15) is 34.6 Å². The average Bonchev–Trinajstić information content (AvgIpc) is 2.11. The minimum Gasteiger partial charge on any atom is -0.368 e. The Kier molecular flexibility index (Phi) is 1.97. The molecule has 0 bridgehead atoms. The van der Waals surface area contributed by atoms with Crippen LogP contribution in [0.25, 0.3) is 0 Å². The zero-order valence-electron chi connectivity index (χ0n) is 8.43. The van der Waals surface area contributed by atoms with Gasteiger partial charge in [0, 0.05) is 5.70 Å². The topological polar surface area (TPSA) is 35.2 Å². The summed E-state index contributed by atoms with van der Waals surface area (Å²) in [5.41, 5.74) is 0.103. The Morgan fingerprint density at radius 1 is 1.33 bits per heavy atom. The molecule has 3 nitrogen and oxygen atoms in total. The minimum atomic E-state index is -0.481. The highest BCUT2D eigenvalue weighted by Gasteiger charge is 2.48. The molecule has 69 valence electrons. The van der Waals surface area contributed by atoms with Crippen molar-refractivity contribution in [3.63, 3.8) is 0 Å². The van der Waals surface area contributed by atoms with Crippen LogP contribution in [0.15, 0.2) is 11.8 Å². The third-order valence-electron chi connectivity index (χ3n) is 2.40. The normalized spacial score (nSPS) is 30.7. The molecule has 0 atom stereocenters. The Balaban J connectivity index is 3.05. The van der Waals surface area contributed by atoms with E-state index in [-0.39, 0.29) is 0 Å². The van der Waals surface area contributed by atoms with Crippen molar-refractivity contribution in [1.29, 1.82) is 0 Å². The van der Waals surface area contributed by atoms with Crippen LogP contribution in [0.3, 0.4) is 0 Å². The molecule has 1 saturated heterocycles. The van der Waals surface area contributed by atoms with E-state index in [1.54, 1.807) is 0 Å². The summed E-state index contributed by atoms with van der Waals surface area (Å²) in [7, 11) is 0. The number of hydrogen-bond acceptors (Lipinski definition) is 2. The van der Waals surface area contributed by atoms with Crippen LogP contribution in [0.5, 0.6) is 0 Å². The van der Waals surface area contributed by atoms with Crippen molar-refractivity contribution < 1.29 is 5.21 Å². The molecule has 0 aliphatic carbocycles. The second-order valence-electron chi connectivity index (χ2n) is 4.24. The Bertz CT molecular complexity index is 219. The largest absolute Gasteiger partial charge is 0.368 e. The summed E-state index contributed by atoms with van der Waals surface area (Å²) in [5.74, 6) is 0. The summed E-state index contributed by atoms with van der Waals surface area (Å²) >= 11 is 0. The molecule has 0 aromatic heterocycles. The zero-order valence-corrected chi connectivity index (χ0v) is 8.43. The fourth-order valence-electron chi connectivity index (χ4n) is 1.77. The molecule has 0 saturated carbocycles.